The summed E-state index contributed by atoms with van der Waals surface area (Å²) in [5, 5.41) is 12.9. The highest BCUT2D eigenvalue weighted by Gasteiger charge is 2.47. The second-order valence-corrected chi connectivity index (χ2v) is 12.1. The minimum absolute atomic E-state index is 0.0344. The summed E-state index contributed by atoms with van der Waals surface area (Å²) in [6.45, 7) is 0.127. The minimum atomic E-state index is -1.16. The summed E-state index contributed by atoms with van der Waals surface area (Å²) < 4.78 is 23.7. The number of benzene rings is 1. The van der Waals surface area contributed by atoms with Crippen LogP contribution >= 0.6 is 0 Å². The third-order valence-corrected chi connectivity index (χ3v) is 9.82. The van der Waals surface area contributed by atoms with Crippen LogP contribution in [0.4, 0.5) is 10.1 Å². The van der Waals surface area contributed by atoms with Crippen molar-refractivity contribution < 1.29 is 33.0 Å². The molecule has 5 rings (SSSR count). The third-order valence-electron chi connectivity index (χ3n) is 9.82. The van der Waals surface area contributed by atoms with Crippen molar-refractivity contribution >= 4 is 34.4 Å². The zero-order chi connectivity index (χ0) is 29.1. The number of furan rings is 1. The van der Waals surface area contributed by atoms with Crippen molar-refractivity contribution in [3.8, 4) is 0 Å². The summed E-state index contributed by atoms with van der Waals surface area (Å²) >= 11 is 0. The van der Waals surface area contributed by atoms with Crippen molar-refractivity contribution in [1.29, 1.82) is 0 Å². The number of halogens is 1. The highest BCUT2D eigenvalue weighted by molar-refractivity contribution is 6.00. The Kier molecular flexibility index (Phi) is 9.28. The number of aromatic carboxylic acids is 1. The Bertz CT molecular complexity index is 1230. The number of anilines is 1. The molecule has 3 fully saturated rings. The van der Waals surface area contributed by atoms with Gasteiger partial charge in [-0.2, -0.15) is 0 Å². The maximum atomic E-state index is 13.9. The van der Waals surface area contributed by atoms with Crippen LogP contribution in [0.1, 0.15) is 74.8 Å². The van der Waals surface area contributed by atoms with Gasteiger partial charge in [0.25, 0.3) is 0 Å². The number of carboxylic acid groups (broad SMARTS) is 1. The van der Waals surface area contributed by atoms with E-state index in [1.54, 1.807) is 25.3 Å². The van der Waals surface area contributed by atoms with E-state index in [2.05, 4.69) is 5.32 Å². The number of methoxy groups -OCH3 is 1. The van der Waals surface area contributed by atoms with Gasteiger partial charge in [0.05, 0.1) is 12.8 Å². The average molecular weight is 572 g/mol. The maximum absolute atomic E-state index is 13.9. The van der Waals surface area contributed by atoms with Crippen LogP contribution in [-0.4, -0.2) is 66.3 Å². The van der Waals surface area contributed by atoms with Crippen molar-refractivity contribution in [3.05, 3.63) is 30.0 Å². The molecule has 224 valence electrons. The van der Waals surface area contributed by atoms with Gasteiger partial charge in [-0.15, -0.1) is 0 Å². The number of carbonyl (C=O) groups excluding carboxylic acids is 2. The number of nitrogens with one attached hydrogen (secondary N) is 1. The summed E-state index contributed by atoms with van der Waals surface area (Å²) in [4.78, 5) is 41.0. The van der Waals surface area contributed by atoms with E-state index >= 15 is 0 Å². The van der Waals surface area contributed by atoms with Crippen LogP contribution in [0.25, 0.3) is 11.0 Å². The molecule has 3 aliphatic rings. The lowest BCUT2D eigenvalue weighted by atomic mass is 9.75. The van der Waals surface area contributed by atoms with Crippen LogP contribution < -0.4 is 11.1 Å². The molecule has 0 spiro atoms. The van der Waals surface area contributed by atoms with Gasteiger partial charge in [0.15, 0.2) is 0 Å². The standard InChI is InChI=1S/C31H42FN3O6/c1-40-23-9-6-18(7-10-23)24-13-15-35(30(37)20-4-2-19(3-5-20)25(33)12-14-32)28(24)29(36)34-22-8-11-26-21(16-22)17-27(41-26)31(38)39/h8,11,16-20,23-25,28H,2-7,9-10,12-15,33H2,1H3,(H,34,36)(H,38,39)/t18?,19?,20?,23?,24-,25+,28-/m0/s1. The fourth-order valence-electron chi connectivity index (χ4n) is 7.48. The highest BCUT2D eigenvalue weighted by atomic mass is 19.1. The summed E-state index contributed by atoms with van der Waals surface area (Å²) in [6.07, 6.45) is 8.23. The average Bonchev–Trinajstić information content (AvgIpc) is 3.62. The number of ether oxygens (including phenoxy) is 1. The van der Waals surface area contributed by atoms with Gasteiger partial charge in [-0.3, -0.25) is 14.0 Å². The molecule has 0 unspecified atom stereocenters. The number of rotatable bonds is 9. The fraction of sp³-hybridized carbons (Fsp3) is 0.645. The first-order valence-corrected chi connectivity index (χ1v) is 15.0. The summed E-state index contributed by atoms with van der Waals surface area (Å²) in [7, 11) is 1.74. The van der Waals surface area contributed by atoms with Crippen molar-refractivity contribution in [2.45, 2.75) is 82.4 Å². The predicted octanol–water partition coefficient (Wildman–Crippen LogP) is 4.99. The Labute approximate surface area is 239 Å². The van der Waals surface area contributed by atoms with Gasteiger partial charge in [-0.25, -0.2) is 4.79 Å². The highest BCUT2D eigenvalue weighted by Crippen LogP contribution is 2.42. The molecule has 2 aromatic rings. The molecule has 2 saturated carbocycles. The van der Waals surface area contributed by atoms with Crippen LogP contribution in [-0.2, 0) is 14.3 Å². The Morgan fingerprint density at radius 3 is 2.49 bits per heavy atom. The van der Waals surface area contributed by atoms with Crippen molar-refractivity contribution in [1.82, 2.24) is 4.90 Å². The molecule has 9 nitrogen and oxygen atoms in total. The van der Waals surface area contributed by atoms with Gasteiger partial charge in [0, 0.05) is 36.7 Å². The maximum Gasteiger partial charge on any atom is 0.371 e. The Morgan fingerprint density at radius 1 is 1.10 bits per heavy atom. The number of hydrogen-bond donors (Lipinski definition) is 3. The Balaban J connectivity index is 1.33. The topological polar surface area (TPSA) is 135 Å². The predicted molar refractivity (Wildman–Crippen MR) is 152 cm³/mol. The molecule has 2 amide bonds. The number of nitrogens with two attached hydrogens (primary N) is 1. The number of carboxylic acids is 1. The van der Waals surface area contributed by atoms with E-state index in [1.165, 1.54) is 6.07 Å². The van der Waals surface area contributed by atoms with Crippen molar-refractivity contribution in [3.63, 3.8) is 0 Å². The lowest BCUT2D eigenvalue weighted by Crippen LogP contribution is -2.50. The summed E-state index contributed by atoms with van der Waals surface area (Å²) in [5.74, 6) is -1.03. The largest absolute Gasteiger partial charge is 0.475 e. The van der Waals surface area contributed by atoms with Crippen LogP contribution in [0.15, 0.2) is 28.7 Å². The Morgan fingerprint density at radius 2 is 1.83 bits per heavy atom. The SMILES string of the molecule is COC1CCC([C@@H]2CCN(C(=O)C3CCC([C@H](N)CCF)CC3)[C@@H]2C(=O)Nc2ccc3oc(C(=O)O)cc3c2)CC1. The molecular formula is C31H42FN3O6. The smallest absolute Gasteiger partial charge is 0.371 e. The number of fused-ring (bicyclic) bond motifs is 1. The molecule has 2 heterocycles. The molecular weight excluding hydrogens is 529 g/mol. The first-order chi connectivity index (χ1) is 19.8. The van der Waals surface area contributed by atoms with Gasteiger partial charge >= 0.3 is 5.97 Å². The van der Waals surface area contributed by atoms with Gasteiger partial charge < -0.3 is 30.2 Å². The van der Waals surface area contributed by atoms with Gasteiger partial charge in [-0.1, -0.05) is 0 Å². The second kappa shape index (κ2) is 12.9. The quantitative estimate of drug-likeness (QED) is 0.386. The molecule has 10 heteroatoms. The van der Waals surface area contributed by atoms with E-state index in [4.69, 9.17) is 14.9 Å². The molecule has 4 N–H and O–H groups in total. The van der Waals surface area contributed by atoms with E-state index in [0.717, 1.165) is 44.9 Å². The number of alkyl halides is 1. The minimum Gasteiger partial charge on any atom is -0.475 e. The summed E-state index contributed by atoms with van der Waals surface area (Å²) in [5.41, 5.74) is 7.13. The van der Waals surface area contributed by atoms with Crippen LogP contribution in [0, 0.1) is 23.7 Å². The molecule has 3 atom stereocenters. The molecule has 1 aliphatic heterocycles. The number of amides is 2. The van der Waals surface area contributed by atoms with E-state index < -0.39 is 18.7 Å². The van der Waals surface area contributed by atoms with E-state index in [9.17, 15) is 23.9 Å². The van der Waals surface area contributed by atoms with E-state index in [-0.39, 0.29) is 47.5 Å². The molecule has 0 bridgehead atoms. The van der Waals surface area contributed by atoms with Gasteiger partial charge in [0.2, 0.25) is 17.6 Å². The van der Waals surface area contributed by atoms with E-state index in [1.807, 2.05) is 4.90 Å². The van der Waals surface area contributed by atoms with E-state index in [0.29, 0.717) is 48.4 Å². The molecule has 0 radical (unpaired) electrons. The Hall–Kier alpha value is -2.98. The number of nitrogens with zero attached hydrogens (tertiary/aromatic N) is 1. The zero-order valence-corrected chi connectivity index (χ0v) is 23.7. The first-order valence-electron chi connectivity index (χ1n) is 15.0. The molecule has 1 aromatic heterocycles. The molecule has 1 aromatic carbocycles. The third kappa shape index (κ3) is 6.43. The van der Waals surface area contributed by atoms with Crippen molar-refractivity contribution in [2.75, 3.05) is 25.6 Å². The number of hydrogen-bond acceptors (Lipinski definition) is 6. The molecule has 2 aliphatic carbocycles. The summed E-state index contributed by atoms with van der Waals surface area (Å²) in [6, 6.07) is 5.72. The van der Waals surface area contributed by atoms with Crippen LogP contribution in [0.2, 0.25) is 0 Å². The first kappa shape index (κ1) is 29.5. The fourth-order valence-corrected chi connectivity index (χ4v) is 7.48. The normalized spacial score (nSPS) is 29.4. The monoisotopic (exact) mass is 571 g/mol. The number of likely N-dealkylation sites (tertiary alicyclic amines) is 1. The van der Waals surface area contributed by atoms with Gasteiger partial charge in [0.1, 0.15) is 11.6 Å². The molecule has 41 heavy (non-hydrogen) atoms. The second-order valence-electron chi connectivity index (χ2n) is 12.1. The van der Waals surface area contributed by atoms with Crippen molar-refractivity contribution in [2.24, 2.45) is 29.4 Å². The number of carbonyl (C=O) groups is 3. The molecule has 1 saturated heterocycles. The zero-order valence-electron chi connectivity index (χ0n) is 23.7. The van der Waals surface area contributed by atoms with Crippen LogP contribution in [0.3, 0.4) is 0 Å². The van der Waals surface area contributed by atoms with Gasteiger partial charge in [-0.05, 0) is 106 Å². The lowest BCUT2D eigenvalue weighted by Gasteiger charge is -2.37. The van der Waals surface area contributed by atoms with Crippen LogP contribution in [0.5, 0.6) is 0 Å². The lowest BCUT2D eigenvalue weighted by molar-refractivity contribution is -0.142.